The molecule has 0 aliphatic heterocycles. The average molecular weight is 366 g/mol. The third kappa shape index (κ3) is 4.78. The molecule has 2 N–H and O–H groups in total. The maximum atomic E-state index is 5.33. The molecular formula is C20H22N4O3. The van der Waals surface area contributed by atoms with Crippen molar-refractivity contribution >= 4 is 17.5 Å². The zero-order chi connectivity index (χ0) is 19.1. The highest BCUT2D eigenvalue weighted by Gasteiger charge is 2.06. The van der Waals surface area contributed by atoms with Crippen molar-refractivity contribution in [1.29, 1.82) is 0 Å². The summed E-state index contributed by atoms with van der Waals surface area (Å²) in [6, 6.07) is 15.2. The second-order valence-corrected chi connectivity index (χ2v) is 5.66. The second-order valence-electron chi connectivity index (χ2n) is 5.66. The number of benzene rings is 2. The summed E-state index contributed by atoms with van der Waals surface area (Å²) in [6.07, 6.45) is 1.70. The lowest BCUT2D eigenvalue weighted by Crippen LogP contribution is -2.05. The van der Waals surface area contributed by atoms with Gasteiger partial charge >= 0.3 is 0 Å². The molecule has 2 aromatic carbocycles. The van der Waals surface area contributed by atoms with Crippen LogP contribution >= 0.6 is 0 Å². The summed E-state index contributed by atoms with van der Waals surface area (Å²) in [4.78, 5) is 8.74. The van der Waals surface area contributed by atoms with Crippen LogP contribution < -0.4 is 24.8 Å². The predicted octanol–water partition coefficient (Wildman–Crippen LogP) is 3.86. The van der Waals surface area contributed by atoms with Crippen LogP contribution in [0.2, 0.25) is 0 Å². The molecule has 0 aliphatic rings. The van der Waals surface area contributed by atoms with E-state index in [1.807, 2.05) is 48.5 Å². The van der Waals surface area contributed by atoms with Crippen LogP contribution in [0.1, 0.15) is 5.56 Å². The van der Waals surface area contributed by atoms with Gasteiger partial charge in [-0.05, 0) is 48.0 Å². The number of hydrogen-bond acceptors (Lipinski definition) is 7. The van der Waals surface area contributed by atoms with E-state index in [1.54, 1.807) is 27.5 Å². The van der Waals surface area contributed by atoms with E-state index < -0.39 is 0 Å². The molecule has 1 heterocycles. The number of hydrogen-bond donors (Lipinski definition) is 2. The van der Waals surface area contributed by atoms with E-state index in [4.69, 9.17) is 14.2 Å². The Morgan fingerprint density at radius 2 is 1.63 bits per heavy atom. The van der Waals surface area contributed by atoms with Crippen molar-refractivity contribution in [2.75, 3.05) is 32.0 Å². The largest absolute Gasteiger partial charge is 0.497 e. The highest BCUT2D eigenvalue weighted by molar-refractivity contribution is 5.57. The van der Waals surface area contributed by atoms with E-state index in [-0.39, 0.29) is 0 Å². The van der Waals surface area contributed by atoms with Gasteiger partial charge in [0.2, 0.25) is 5.95 Å². The topological polar surface area (TPSA) is 77.5 Å². The van der Waals surface area contributed by atoms with Crippen LogP contribution in [0.15, 0.2) is 54.7 Å². The zero-order valence-corrected chi connectivity index (χ0v) is 15.5. The summed E-state index contributed by atoms with van der Waals surface area (Å²) >= 11 is 0. The Morgan fingerprint density at radius 1 is 0.852 bits per heavy atom. The number of anilines is 3. The van der Waals surface area contributed by atoms with Crippen LogP contribution in [0.5, 0.6) is 17.2 Å². The fourth-order valence-electron chi connectivity index (χ4n) is 2.51. The highest BCUT2D eigenvalue weighted by Crippen LogP contribution is 2.27. The standard InChI is InChI=1S/C20H22N4O3/c1-25-16-7-5-15(6-8-16)23-19-10-11-21-20(24-19)22-13-14-4-9-17(26-2)18(12-14)27-3/h4-12H,13H2,1-3H3,(H2,21,22,23,24). The van der Waals surface area contributed by atoms with Gasteiger partial charge in [-0.25, -0.2) is 4.98 Å². The van der Waals surface area contributed by atoms with Crippen LogP contribution in [0, 0.1) is 0 Å². The number of nitrogens with one attached hydrogen (secondary N) is 2. The molecule has 7 heteroatoms. The van der Waals surface area contributed by atoms with E-state index >= 15 is 0 Å². The van der Waals surface area contributed by atoms with Gasteiger partial charge in [0.25, 0.3) is 0 Å². The number of aromatic nitrogens is 2. The molecule has 0 saturated carbocycles. The first-order valence-electron chi connectivity index (χ1n) is 8.40. The van der Waals surface area contributed by atoms with Crippen molar-refractivity contribution in [3.05, 3.63) is 60.3 Å². The van der Waals surface area contributed by atoms with Crippen LogP contribution in [0.25, 0.3) is 0 Å². The molecule has 0 atom stereocenters. The van der Waals surface area contributed by atoms with Gasteiger partial charge < -0.3 is 24.8 Å². The van der Waals surface area contributed by atoms with Crippen LogP contribution in [-0.2, 0) is 6.54 Å². The van der Waals surface area contributed by atoms with Crippen LogP contribution in [0.4, 0.5) is 17.5 Å². The van der Waals surface area contributed by atoms with Gasteiger partial charge in [-0.15, -0.1) is 0 Å². The van der Waals surface area contributed by atoms with Gasteiger partial charge in [0, 0.05) is 18.4 Å². The van der Waals surface area contributed by atoms with E-state index in [2.05, 4.69) is 20.6 Å². The third-order valence-corrected chi connectivity index (χ3v) is 3.92. The number of rotatable bonds is 8. The Hall–Kier alpha value is -3.48. The average Bonchev–Trinajstić information content (AvgIpc) is 2.73. The molecule has 140 valence electrons. The lowest BCUT2D eigenvalue weighted by Gasteiger charge is -2.11. The Labute approximate surface area is 158 Å². The molecule has 3 aromatic rings. The minimum Gasteiger partial charge on any atom is -0.497 e. The van der Waals surface area contributed by atoms with E-state index in [9.17, 15) is 0 Å². The molecule has 3 rings (SSSR count). The Bertz CT molecular complexity index is 885. The maximum absolute atomic E-state index is 5.33. The van der Waals surface area contributed by atoms with Crippen molar-refractivity contribution < 1.29 is 14.2 Å². The predicted molar refractivity (Wildman–Crippen MR) is 105 cm³/mol. The second kappa shape index (κ2) is 8.75. The first-order chi connectivity index (χ1) is 13.2. The summed E-state index contributed by atoms with van der Waals surface area (Å²) in [6.45, 7) is 0.562. The van der Waals surface area contributed by atoms with Crippen LogP contribution in [-0.4, -0.2) is 31.3 Å². The Kier molecular flexibility index (Phi) is 5.94. The normalized spacial score (nSPS) is 10.2. The molecule has 0 saturated heterocycles. The molecular weight excluding hydrogens is 344 g/mol. The van der Waals surface area contributed by atoms with E-state index in [0.717, 1.165) is 17.0 Å². The molecule has 0 fully saturated rings. The van der Waals surface area contributed by atoms with Gasteiger partial charge in [-0.3, -0.25) is 0 Å². The summed E-state index contributed by atoms with van der Waals surface area (Å²) in [5.74, 6) is 3.42. The van der Waals surface area contributed by atoms with Gasteiger partial charge in [-0.1, -0.05) is 6.07 Å². The molecule has 0 unspecified atom stereocenters. The monoisotopic (exact) mass is 366 g/mol. The van der Waals surface area contributed by atoms with Gasteiger partial charge in [0.05, 0.1) is 21.3 Å². The fraction of sp³-hybridized carbons (Fsp3) is 0.200. The van der Waals surface area contributed by atoms with Crippen molar-refractivity contribution in [2.45, 2.75) is 6.54 Å². The maximum Gasteiger partial charge on any atom is 0.224 e. The summed E-state index contributed by atoms with van der Waals surface area (Å²) in [5, 5.41) is 6.46. The van der Waals surface area contributed by atoms with Crippen molar-refractivity contribution in [2.24, 2.45) is 0 Å². The summed E-state index contributed by atoms with van der Waals surface area (Å²) in [5.41, 5.74) is 1.95. The smallest absolute Gasteiger partial charge is 0.224 e. The highest BCUT2D eigenvalue weighted by atomic mass is 16.5. The van der Waals surface area contributed by atoms with Gasteiger partial charge in [-0.2, -0.15) is 4.98 Å². The fourth-order valence-corrected chi connectivity index (χ4v) is 2.51. The molecule has 1 aromatic heterocycles. The minimum atomic E-state index is 0.531. The number of methoxy groups -OCH3 is 3. The molecule has 0 spiro atoms. The molecule has 7 nitrogen and oxygen atoms in total. The zero-order valence-electron chi connectivity index (χ0n) is 15.5. The van der Waals surface area contributed by atoms with Crippen molar-refractivity contribution in [3.63, 3.8) is 0 Å². The third-order valence-electron chi connectivity index (χ3n) is 3.92. The Balaban J connectivity index is 1.65. The lowest BCUT2D eigenvalue weighted by molar-refractivity contribution is 0.354. The summed E-state index contributed by atoms with van der Waals surface area (Å²) < 4.78 is 15.7. The van der Waals surface area contributed by atoms with E-state index in [1.165, 1.54) is 0 Å². The van der Waals surface area contributed by atoms with Crippen LogP contribution in [0.3, 0.4) is 0 Å². The Morgan fingerprint density at radius 3 is 2.33 bits per heavy atom. The molecule has 27 heavy (non-hydrogen) atoms. The lowest BCUT2D eigenvalue weighted by atomic mass is 10.2. The molecule has 0 amide bonds. The van der Waals surface area contributed by atoms with Crippen molar-refractivity contribution in [3.8, 4) is 17.2 Å². The number of nitrogens with zero attached hydrogens (tertiary/aromatic N) is 2. The minimum absolute atomic E-state index is 0.531. The van der Waals surface area contributed by atoms with E-state index in [0.29, 0.717) is 29.8 Å². The molecule has 0 aliphatic carbocycles. The van der Waals surface area contributed by atoms with Crippen molar-refractivity contribution in [1.82, 2.24) is 9.97 Å². The molecule has 0 bridgehead atoms. The van der Waals surface area contributed by atoms with Gasteiger partial charge in [0.1, 0.15) is 11.6 Å². The van der Waals surface area contributed by atoms with Gasteiger partial charge in [0.15, 0.2) is 11.5 Å². The SMILES string of the molecule is COc1ccc(Nc2ccnc(NCc3ccc(OC)c(OC)c3)n2)cc1. The first kappa shape index (κ1) is 18.3. The number of ether oxygens (including phenoxy) is 3. The first-order valence-corrected chi connectivity index (χ1v) is 8.40. The summed E-state index contributed by atoms with van der Waals surface area (Å²) in [7, 11) is 4.88. The molecule has 0 radical (unpaired) electrons. The quantitative estimate of drug-likeness (QED) is 0.627.